The molecule has 2 heterocycles. The zero-order valence-electron chi connectivity index (χ0n) is 16.0. The number of hydrogen-bond acceptors (Lipinski definition) is 8. The average Bonchev–Trinajstić information content (AvgIpc) is 3.36. The maximum atomic E-state index is 12.4. The van der Waals surface area contributed by atoms with Crippen LogP contribution in [0, 0.1) is 0 Å². The largest absolute Gasteiger partial charge is 0.493 e. The van der Waals surface area contributed by atoms with Gasteiger partial charge in [-0.15, -0.1) is 21.5 Å². The Hall–Kier alpha value is -2.59. The minimum absolute atomic E-state index is 0.127. The van der Waals surface area contributed by atoms with E-state index in [-0.39, 0.29) is 11.2 Å². The van der Waals surface area contributed by atoms with Gasteiger partial charge in [0, 0.05) is 23.7 Å². The summed E-state index contributed by atoms with van der Waals surface area (Å²) in [5.41, 5.74) is 0.860. The third-order valence-electron chi connectivity index (χ3n) is 3.99. The van der Waals surface area contributed by atoms with E-state index in [1.165, 1.54) is 23.1 Å². The van der Waals surface area contributed by atoms with Crippen LogP contribution in [0.3, 0.4) is 0 Å². The maximum absolute atomic E-state index is 12.4. The van der Waals surface area contributed by atoms with Crippen molar-refractivity contribution >= 4 is 34.1 Å². The van der Waals surface area contributed by atoms with Crippen LogP contribution in [0.2, 0.25) is 0 Å². The number of carbonyl (C=O) groups excluding carboxylic acids is 1. The predicted molar refractivity (Wildman–Crippen MR) is 110 cm³/mol. The molecule has 0 fully saturated rings. The Balaban J connectivity index is 1.81. The molecule has 1 atom stereocenters. The van der Waals surface area contributed by atoms with Crippen LogP contribution in [0.25, 0.3) is 11.4 Å². The van der Waals surface area contributed by atoms with E-state index in [9.17, 15) is 4.79 Å². The van der Waals surface area contributed by atoms with Gasteiger partial charge in [-0.05, 0) is 32.0 Å². The van der Waals surface area contributed by atoms with Crippen LogP contribution in [-0.4, -0.2) is 45.1 Å². The van der Waals surface area contributed by atoms with Crippen molar-refractivity contribution in [3.8, 4) is 22.9 Å². The third-order valence-corrected chi connectivity index (χ3v) is 5.76. The molecule has 1 N–H and O–H groups in total. The second-order valence-corrected chi connectivity index (χ2v) is 7.91. The number of hydrogen-bond donors (Lipinski definition) is 1. The molecule has 2 aromatic heterocycles. The van der Waals surface area contributed by atoms with Crippen LogP contribution < -0.4 is 14.8 Å². The predicted octanol–water partition coefficient (Wildman–Crippen LogP) is 3.56. The van der Waals surface area contributed by atoms with Crippen molar-refractivity contribution in [2.75, 3.05) is 19.5 Å². The van der Waals surface area contributed by atoms with Crippen molar-refractivity contribution in [2.24, 2.45) is 0 Å². The van der Waals surface area contributed by atoms with Gasteiger partial charge in [-0.25, -0.2) is 4.98 Å². The summed E-state index contributed by atoms with van der Waals surface area (Å²) in [6.07, 6.45) is 1.65. The molecule has 1 unspecified atom stereocenters. The first-order valence-electron chi connectivity index (χ1n) is 8.60. The lowest BCUT2D eigenvalue weighted by molar-refractivity contribution is -0.115. The zero-order chi connectivity index (χ0) is 20.1. The molecule has 148 valence electrons. The molecule has 0 bridgehead atoms. The van der Waals surface area contributed by atoms with E-state index in [0.717, 1.165) is 5.56 Å². The number of thiazole rings is 1. The number of methoxy groups -OCH3 is 2. The van der Waals surface area contributed by atoms with Gasteiger partial charge in [0.1, 0.15) is 0 Å². The number of carbonyl (C=O) groups is 1. The van der Waals surface area contributed by atoms with Gasteiger partial charge in [-0.1, -0.05) is 11.8 Å². The lowest BCUT2D eigenvalue weighted by atomic mass is 10.2. The Kier molecular flexibility index (Phi) is 6.53. The lowest BCUT2D eigenvalue weighted by Gasteiger charge is -2.12. The summed E-state index contributed by atoms with van der Waals surface area (Å²) < 4.78 is 12.6. The molecule has 0 radical (unpaired) electrons. The second kappa shape index (κ2) is 9.07. The summed E-state index contributed by atoms with van der Waals surface area (Å²) in [6, 6.07) is 5.60. The summed E-state index contributed by atoms with van der Waals surface area (Å²) in [7, 11) is 3.19. The van der Waals surface area contributed by atoms with Crippen LogP contribution in [0.1, 0.15) is 13.8 Å². The molecule has 8 nitrogen and oxygen atoms in total. The van der Waals surface area contributed by atoms with Crippen molar-refractivity contribution in [3.05, 3.63) is 29.8 Å². The highest BCUT2D eigenvalue weighted by Gasteiger charge is 2.21. The Morgan fingerprint density at radius 3 is 2.71 bits per heavy atom. The van der Waals surface area contributed by atoms with Crippen molar-refractivity contribution < 1.29 is 14.3 Å². The second-order valence-electron chi connectivity index (χ2n) is 5.71. The molecule has 28 heavy (non-hydrogen) atoms. The highest BCUT2D eigenvalue weighted by molar-refractivity contribution is 8.00. The van der Waals surface area contributed by atoms with Crippen molar-refractivity contribution in [1.82, 2.24) is 19.7 Å². The number of thioether (sulfide) groups is 1. The number of aromatic nitrogens is 4. The van der Waals surface area contributed by atoms with Crippen LogP contribution in [0.15, 0.2) is 34.9 Å². The van der Waals surface area contributed by atoms with Crippen LogP contribution in [0.4, 0.5) is 5.13 Å². The van der Waals surface area contributed by atoms with E-state index in [4.69, 9.17) is 9.47 Å². The van der Waals surface area contributed by atoms with Gasteiger partial charge in [-0.3, -0.25) is 4.79 Å². The smallest absolute Gasteiger partial charge is 0.239 e. The monoisotopic (exact) mass is 419 g/mol. The standard InChI is InChI=1S/C18H21N5O3S2/c1-5-23-15(12-6-7-13(25-3)14(10-12)26-4)21-22-18(23)28-11(2)16(24)20-17-19-8-9-27-17/h6-11H,5H2,1-4H3,(H,19,20,24). The molecule has 0 saturated carbocycles. The van der Waals surface area contributed by atoms with Crippen molar-refractivity contribution in [3.63, 3.8) is 0 Å². The molecule has 0 aliphatic heterocycles. The molecular weight excluding hydrogens is 398 g/mol. The Bertz CT molecular complexity index is 943. The summed E-state index contributed by atoms with van der Waals surface area (Å²) >= 11 is 2.74. The van der Waals surface area contributed by atoms with Crippen LogP contribution in [0.5, 0.6) is 11.5 Å². The van der Waals surface area contributed by atoms with Crippen molar-refractivity contribution in [1.29, 1.82) is 0 Å². The van der Waals surface area contributed by atoms with Gasteiger partial charge in [0.15, 0.2) is 27.6 Å². The maximum Gasteiger partial charge on any atom is 0.239 e. The first-order chi connectivity index (χ1) is 13.6. The Morgan fingerprint density at radius 2 is 2.07 bits per heavy atom. The average molecular weight is 420 g/mol. The molecule has 3 rings (SSSR count). The number of amides is 1. The van der Waals surface area contributed by atoms with E-state index < -0.39 is 0 Å². The first-order valence-corrected chi connectivity index (χ1v) is 10.4. The van der Waals surface area contributed by atoms with Gasteiger partial charge >= 0.3 is 0 Å². The van der Waals surface area contributed by atoms with Gasteiger partial charge in [0.25, 0.3) is 0 Å². The molecule has 10 heteroatoms. The van der Waals surface area contributed by atoms with Crippen LogP contribution in [-0.2, 0) is 11.3 Å². The Labute approximate surface area is 171 Å². The third kappa shape index (κ3) is 4.28. The zero-order valence-corrected chi connectivity index (χ0v) is 17.6. The SMILES string of the molecule is CCn1c(SC(C)C(=O)Nc2nccs2)nnc1-c1ccc(OC)c(OC)c1. The quantitative estimate of drug-likeness (QED) is 0.558. The van der Waals surface area contributed by atoms with Gasteiger partial charge in [0.05, 0.1) is 19.5 Å². The van der Waals surface area contributed by atoms with Crippen molar-refractivity contribution in [2.45, 2.75) is 30.8 Å². The molecule has 3 aromatic rings. The normalized spacial score (nSPS) is 11.9. The van der Waals surface area contributed by atoms with E-state index in [1.54, 1.807) is 20.4 Å². The number of benzene rings is 1. The summed E-state index contributed by atoms with van der Waals surface area (Å²) in [6.45, 7) is 4.51. The number of rotatable bonds is 8. The number of ether oxygens (including phenoxy) is 2. The molecule has 0 aliphatic rings. The molecule has 1 aromatic carbocycles. The number of nitrogens with one attached hydrogen (secondary N) is 1. The molecule has 0 saturated heterocycles. The highest BCUT2D eigenvalue weighted by Crippen LogP contribution is 2.33. The fourth-order valence-electron chi connectivity index (χ4n) is 2.55. The number of nitrogens with zero attached hydrogens (tertiary/aromatic N) is 4. The molecule has 1 amide bonds. The fraction of sp³-hybridized carbons (Fsp3) is 0.333. The lowest BCUT2D eigenvalue weighted by Crippen LogP contribution is -2.22. The number of anilines is 1. The first kappa shape index (κ1) is 20.2. The van der Waals surface area contributed by atoms with Gasteiger partial charge in [0.2, 0.25) is 5.91 Å². The van der Waals surface area contributed by atoms with Gasteiger partial charge < -0.3 is 19.4 Å². The summed E-state index contributed by atoms with van der Waals surface area (Å²) in [4.78, 5) is 16.5. The van der Waals surface area contributed by atoms with E-state index in [0.29, 0.717) is 34.2 Å². The van der Waals surface area contributed by atoms with Crippen LogP contribution >= 0.6 is 23.1 Å². The molecule has 0 aliphatic carbocycles. The van der Waals surface area contributed by atoms with E-state index in [2.05, 4.69) is 20.5 Å². The highest BCUT2D eigenvalue weighted by atomic mass is 32.2. The molecule has 0 spiro atoms. The fourth-order valence-corrected chi connectivity index (χ4v) is 4.00. The van der Waals surface area contributed by atoms with E-state index >= 15 is 0 Å². The van der Waals surface area contributed by atoms with Gasteiger partial charge in [-0.2, -0.15) is 0 Å². The minimum Gasteiger partial charge on any atom is -0.493 e. The van der Waals surface area contributed by atoms with E-state index in [1.807, 2.05) is 42.0 Å². The minimum atomic E-state index is -0.350. The molecular formula is C18H21N5O3S2. The summed E-state index contributed by atoms with van der Waals surface area (Å²) in [5.74, 6) is 1.85. The Morgan fingerprint density at radius 1 is 1.29 bits per heavy atom. The summed E-state index contributed by atoms with van der Waals surface area (Å²) in [5, 5.41) is 14.2. The topological polar surface area (TPSA) is 91.2 Å².